The number of hydrogen-bond donors (Lipinski definition) is 0. The van der Waals surface area contributed by atoms with Gasteiger partial charge in [-0.25, -0.2) is 15.0 Å². The molecule has 69 heavy (non-hydrogen) atoms. The van der Waals surface area contributed by atoms with Crippen molar-refractivity contribution in [3.8, 4) is 51.0 Å². The summed E-state index contributed by atoms with van der Waals surface area (Å²) in [6.07, 6.45) is 0. The van der Waals surface area contributed by atoms with Gasteiger partial charge >= 0.3 is 0 Å². The van der Waals surface area contributed by atoms with Crippen LogP contribution < -0.4 is 0 Å². The van der Waals surface area contributed by atoms with Crippen LogP contribution in [0.5, 0.6) is 0 Å². The lowest BCUT2D eigenvalue weighted by atomic mass is 9.98. The molecule has 4 heterocycles. The van der Waals surface area contributed by atoms with Crippen LogP contribution in [0.4, 0.5) is 0 Å². The molecule has 0 bridgehead atoms. The smallest absolute Gasteiger partial charge is 0.164 e. The molecule has 0 spiro atoms. The molecular weight excluding hydrogens is 845 g/mol. The zero-order chi connectivity index (χ0) is 45.2. The molecule has 0 fully saturated rings. The zero-order valence-corrected chi connectivity index (χ0v) is 36.9. The molecule has 11 aromatic carbocycles. The minimum atomic E-state index is 0.549. The minimum Gasteiger partial charge on any atom is -0.456 e. The van der Waals surface area contributed by atoms with Crippen molar-refractivity contribution in [2.24, 2.45) is 0 Å². The van der Waals surface area contributed by atoms with Crippen LogP contribution in [0.15, 0.2) is 227 Å². The highest BCUT2D eigenvalue weighted by atomic mass is 16.3. The highest BCUT2D eigenvalue weighted by molar-refractivity contribution is 6.24. The SMILES string of the molecule is c1ccc(-c2cc3c(cc2-n2c4cc5ccccc5cc4c4c5ccccc5ccc42)oc2cccc(-c4nc(-c5ccc6ccccc6c5)nc(-c5ccc6c(c5)oc5ccccc56)n4)c23)cc1. The van der Waals surface area contributed by atoms with Crippen molar-refractivity contribution in [3.05, 3.63) is 218 Å². The molecule has 0 saturated carbocycles. The second kappa shape index (κ2) is 14.6. The van der Waals surface area contributed by atoms with Gasteiger partial charge in [0.15, 0.2) is 17.5 Å². The summed E-state index contributed by atoms with van der Waals surface area (Å²) in [6.45, 7) is 0. The average molecular weight is 881 g/mol. The van der Waals surface area contributed by atoms with Crippen molar-refractivity contribution in [1.82, 2.24) is 19.5 Å². The Morgan fingerprint density at radius 2 is 0.899 bits per heavy atom. The predicted octanol–water partition coefficient (Wildman–Crippen LogP) is 16.9. The number of fused-ring (bicyclic) bond motifs is 13. The largest absolute Gasteiger partial charge is 0.456 e. The van der Waals surface area contributed by atoms with Gasteiger partial charge in [0.2, 0.25) is 0 Å². The first kappa shape index (κ1) is 37.8. The maximum Gasteiger partial charge on any atom is 0.164 e. The van der Waals surface area contributed by atoms with E-state index < -0.39 is 0 Å². The van der Waals surface area contributed by atoms with Crippen LogP contribution in [-0.4, -0.2) is 19.5 Å². The average Bonchev–Trinajstić information content (AvgIpc) is 4.08. The van der Waals surface area contributed by atoms with E-state index in [4.69, 9.17) is 23.8 Å². The second-order valence-corrected chi connectivity index (χ2v) is 17.9. The van der Waals surface area contributed by atoms with Crippen LogP contribution >= 0.6 is 0 Å². The lowest BCUT2D eigenvalue weighted by molar-refractivity contribution is 0.668. The van der Waals surface area contributed by atoms with Gasteiger partial charge in [-0.1, -0.05) is 158 Å². The number of furan rings is 2. The van der Waals surface area contributed by atoms with Crippen LogP contribution in [-0.2, 0) is 0 Å². The predicted molar refractivity (Wildman–Crippen MR) is 283 cm³/mol. The van der Waals surface area contributed by atoms with Crippen LogP contribution in [0.25, 0.3) is 149 Å². The molecule has 6 heteroatoms. The van der Waals surface area contributed by atoms with Crippen LogP contribution in [0, 0.1) is 0 Å². The topological polar surface area (TPSA) is 69.9 Å². The van der Waals surface area contributed by atoms with Gasteiger partial charge in [-0.3, -0.25) is 0 Å². The van der Waals surface area contributed by atoms with Gasteiger partial charge in [0.05, 0.1) is 16.7 Å². The monoisotopic (exact) mass is 880 g/mol. The number of para-hydroxylation sites is 1. The number of nitrogens with zero attached hydrogens (tertiary/aromatic N) is 4. The van der Waals surface area contributed by atoms with E-state index in [2.05, 4.69) is 187 Å². The van der Waals surface area contributed by atoms with Crippen LogP contribution in [0.2, 0.25) is 0 Å². The molecule has 0 aliphatic heterocycles. The summed E-state index contributed by atoms with van der Waals surface area (Å²) in [5.74, 6) is 1.68. The van der Waals surface area contributed by atoms with Crippen molar-refractivity contribution in [2.45, 2.75) is 0 Å². The van der Waals surface area contributed by atoms with Gasteiger partial charge in [0.25, 0.3) is 0 Å². The standard InChI is InChI=1S/C63H36N4O2/c1-2-14-38(15-3-1)49-35-51-58(36-54(49)67-52-30-28-39-16-8-9-20-45(39)59(52)50-32-41-18-6-7-19-42(41)33-53(50)67)69-56-24-12-22-48(60(51)56)63-65-61(43-26-25-37-13-4-5-17-40(37)31-43)64-62(66-63)44-27-29-47-46-21-10-11-23-55(46)68-57(47)34-44/h1-36H. The first-order chi connectivity index (χ1) is 34.2. The second-order valence-electron chi connectivity index (χ2n) is 17.9. The maximum atomic E-state index is 6.97. The van der Waals surface area contributed by atoms with Crippen LogP contribution in [0.3, 0.4) is 0 Å². The quantitative estimate of drug-likeness (QED) is 0.172. The van der Waals surface area contributed by atoms with Gasteiger partial charge in [-0.05, 0) is 92.5 Å². The minimum absolute atomic E-state index is 0.549. The number of benzene rings is 11. The Bertz CT molecular complexity index is 4620. The highest BCUT2D eigenvalue weighted by Gasteiger charge is 2.24. The number of hydrogen-bond acceptors (Lipinski definition) is 5. The molecule has 320 valence electrons. The molecule has 15 rings (SSSR count). The summed E-state index contributed by atoms with van der Waals surface area (Å²) >= 11 is 0. The molecule has 0 atom stereocenters. The third-order valence-corrected chi connectivity index (χ3v) is 14.0. The van der Waals surface area contributed by atoms with E-state index in [-0.39, 0.29) is 0 Å². The van der Waals surface area contributed by atoms with Gasteiger partial charge in [0.1, 0.15) is 22.3 Å². The van der Waals surface area contributed by atoms with Crippen molar-refractivity contribution >= 4 is 98.0 Å². The van der Waals surface area contributed by atoms with E-state index >= 15 is 0 Å². The van der Waals surface area contributed by atoms with Gasteiger partial charge < -0.3 is 13.4 Å². The Morgan fingerprint density at radius 1 is 0.290 bits per heavy atom. The molecule has 0 amide bonds. The normalized spacial score (nSPS) is 12.1. The molecule has 0 saturated heterocycles. The lowest BCUT2D eigenvalue weighted by Gasteiger charge is -2.15. The van der Waals surface area contributed by atoms with E-state index in [0.717, 1.165) is 99.2 Å². The summed E-state index contributed by atoms with van der Waals surface area (Å²) in [4.78, 5) is 15.8. The fourth-order valence-electron chi connectivity index (χ4n) is 10.8. The Balaban J connectivity index is 0.995. The number of aromatic nitrogens is 4. The Labute approximate surface area is 394 Å². The van der Waals surface area contributed by atoms with Crippen molar-refractivity contribution in [1.29, 1.82) is 0 Å². The lowest BCUT2D eigenvalue weighted by Crippen LogP contribution is -2.00. The van der Waals surface area contributed by atoms with E-state index in [1.807, 2.05) is 36.4 Å². The molecule has 0 aliphatic carbocycles. The van der Waals surface area contributed by atoms with E-state index in [0.29, 0.717) is 17.5 Å². The molecule has 4 aromatic heterocycles. The van der Waals surface area contributed by atoms with Crippen molar-refractivity contribution < 1.29 is 8.83 Å². The van der Waals surface area contributed by atoms with Gasteiger partial charge in [-0.2, -0.15) is 0 Å². The van der Waals surface area contributed by atoms with E-state index in [1.165, 1.54) is 32.3 Å². The first-order valence-corrected chi connectivity index (χ1v) is 23.2. The van der Waals surface area contributed by atoms with Crippen molar-refractivity contribution in [3.63, 3.8) is 0 Å². The number of rotatable bonds is 5. The summed E-state index contributed by atoms with van der Waals surface area (Å²) in [5, 5.41) is 13.5. The van der Waals surface area contributed by atoms with Gasteiger partial charge in [0, 0.05) is 60.6 Å². The summed E-state index contributed by atoms with van der Waals surface area (Å²) in [5.41, 5.74) is 11.2. The van der Waals surface area contributed by atoms with Crippen LogP contribution in [0.1, 0.15) is 0 Å². The third-order valence-electron chi connectivity index (χ3n) is 14.0. The Morgan fingerprint density at radius 3 is 1.74 bits per heavy atom. The third kappa shape index (κ3) is 5.82. The fourth-order valence-corrected chi connectivity index (χ4v) is 10.8. The van der Waals surface area contributed by atoms with Gasteiger partial charge in [-0.15, -0.1) is 0 Å². The van der Waals surface area contributed by atoms with E-state index in [9.17, 15) is 0 Å². The maximum absolute atomic E-state index is 6.97. The molecule has 0 aliphatic rings. The molecule has 0 radical (unpaired) electrons. The molecular formula is C63H36N4O2. The zero-order valence-electron chi connectivity index (χ0n) is 36.9. The van der Waals surface area contributed by atoms with Crippen molar-refractivity contribution in [2.75, 3.05) is 0 Å². The molecule has 0 unspecified atom stereocenters. The highest BCUT2D eigenvalue weighted by Crippen LogP contribution is 2.45. The summed E-state index contributed by atoms with van der Waals surface area (Å²) in [6, 6.07) is 77.0. The Hall–Kier alpha value is -9.39. The molecule has 15 aromatic rings. The molecule has 0 N–H and O–H groups in total. The molecule has 6 nitrogen and oxygen atoms in total. The summed E-state index contributed by atoms with van der Waals surface area (Å²) < 4.78 is 15.8. The summed E-state index contributed by atoms with van der Waals surface area (Å²) in [7, 11) is 0. The fraction of sp³-hybridized carbons (Fsp3) is 0. The van der Waals surface area contributed by atoms with E-state index in [1.54, 1.807) is 0 Å². The first-order valence-electron chi connectivity index (χ1n) is 23.2. The Kier molecular flexibility index (Phi) is 7.97.